The first-order valence-electron chi connectivity index (χ1n) is 6.89. The summed E-state index contributed by atoms with van der Waals surface area (Å²) in [6.45, 7) is 4.17. The molecule has 0 aliphatic carbocycles. The molecule has 1 unspecified atom stereocenters. The highest BCUT2D eigenvalue weighted by Gasteiger charge is 2.28. The average Bonchev–Trinajstić information content (AvgIpc) is 2.85. The van der Waals surface area contributed by atoms with Gasteiger partial charge in [-0.25, -0.2) is 0 Å². The van der Waals surface area contributed by atoms with Gasteiger partial charge < -0.3 is 14.6 Å². The molecule has 0 aromatic carbocycles. The van der Waals surface area contributed by atoms with E-state index in [0.29, 0.717) is 24.8 Å². The van der Waals surface area contributed by atoms with E-state index >= 15 is 0 Å². The van der Waals surface area contributed by atoms with E-state index in [-0.39, 0.29) is 12.5 Å². The van der Waals surface area contributed by atoms with Crippen molar-refractivity contribution in [2.24, 2.45) is 0 Å². The highest BCUT2D eigenvalue weighted by molar-refractivity contribution is 5.93. The van der Waals surface area contributed by atoms with Gasteiger partial charge in [-0.1, -0.05) is 6.92 Å². The zero-order valence-electron chi connectivity index (χ0n) is 12.0. The van der Waals surface area contributed by atoms with Gasteiger partial charge in [-0.05, 0) is 25.6 Å². The van der Waals surface area contributed by atoms with Crippen molar-refractivity contribution in [3.8, 4) is 0 Å². The monoisotopic (exact) mass is 279 g/mol. The van der Waals surface area contributed by atoms with Crippen molar-refractivity contribution < 1.29 is 14.7 Å². The van der Waals surface area contributed by atoms with Gasteiger partial charge in [-0.15, -0.1) is 0 Å². The van der Waals surface area contributed by atoms with Gasteiger partial charge in [0.15, 0.2) is 0 Å². The summed E-state index contributed by atoms with van der Waals surface area (Å²) in [5.41, 5.74) is 0.451. The Kier molecular flexibility index (Phi) is 4.44. The quantitative estimate of drug-likeness (QED) is 0.883. The van der Waals surface area contributed by atoms with E-state index in [4.69, 9.17) is 5.11 Å². The summed E-state index contributed by atoms with van der Waals surface area (Å²) in [6.07, 6.45) is 2.63. The van der Waals surface area contributed by atoms with Crippen LogP contribution in [0.3, 0.4) is 0 Å². The number of amides is 1. The molecule has 1 aromatic rings. The van der Waals surface area contributed by atoms with Crippen LogP contribution in [0.1, 0.15) is 23.8 Å². The number of hydrogen-bond acceptors (Lipinski definition) is 3. The molecule has 1 fully saturated rings. The van der Waals surface area contributed by atoms with Crippen LogP contribution in [0.4, 0.5) is 0 Å². The topological polar surface area (TPSA) is 65.8 Å². The minimum absolute atomic E-state index is 0.0807. The molecule has 2 heterocycles. The SMILES string of the molecule is CCC1CN(C(=O)c2cccn2CC(=O)O)CCN1C. The first kappa shape index (κ1) is 14.6. The van der Waals surface area contributed by atoms with Crippen LogP contribution in [0, 0.1) is 0 Å². The maximum atomic E-state index is 12.5. The lowest BCUT2D eigenvalue weighted by Crippen LogP contribution is -2.53. The average molecular weight is 279 g/mol. The third kappa shape index (κ3) is 3.01. The Bertz CT molecular complexity index is 498. The number of nitrogens with zero attached hydrogens (tertiary/aromatic N) is 3. The van der Waals surface area contributed by atoms with Gasteiger partial charge in [0.2, 0.25) is 0 Å². The summed E-state index contributed by atoms with van der Waals surface area (Å²) >= 11 is 0. The van der Waals surface area contributed by atoms with Gasteiger partial charge in [-0.3, -0.25) is 14.5 Å². The van der Waals surface area contributed by atoms with Gasteiger partial charge in [0.05, 0.1) is 0 Å². The number of aliphatic carboxylic acids is 1. The van der Waals surface area contributed by atoms with E-state index in [0.717, 1.165) is 13.0 Å². The highest BCUT2D eigenvalue weighted by atomic mass is 16.4. The van der Waals surface area contributed by atoms with Gasteiger partial charge in [0, 0.05) is 31.9 Å². The van der Waals surface area contributed by atoms with Crippen molar-refractivity contribution in [3.05, 3.63) is 24.0 Å². The third-order valence-electron chi connectivity index (χ3n) is 3.89. The zero-order valence-corrected chi connectivity index (χ0v) is 12.0. The number of likely N-dealkylation sites (N-methyl/N-ethyl adjacent to an activating group) is 1. The van der Waals surface area contributed by atoms with E-state index in [2.05, 4.69) is 18.9 Å². The second-order valence-corrected chi connectivity index (χ2v) is 5.21. The number of rotatable bonds is 4. The standard InChI is InChI=1S/C14H21N3O3/c1-3-11-9-17(8-7-15(11)2)14(20)12-5-4-6-16(12)10-13(18)19/h4-6,11H,3,7-10H2,1-2H3,(H,18,19). The number of carbonyl (C=O) groups is 2. The Balaban J connectivity index is 2.11. The molecular weight excluding hydrogens is 258 g/mol. The van der Waals surface area contributed by atoms with Crippen LogP contribution in [0.2, 0.25) is 0 Å². The lowest BCUT2D eigenvalue weighted by atomic mass is 10.1. The largest absolute Gasteiger partial charge is 0.480 e. The number of aromatic nitrogens is 1. The van der Waals surface area contributed by atoms with E-state index in [1.807, 2.05) is 4.90 Å². The first-order chi connectivity index (χ1) is 9.52. The van der Waals surface area contributed by atoms with Gasteiger partial charge in [0.25, 0.3) is 5.91 Å². The maximum absolute atomic E-state index is 12.5. The molecule has 0 bridgehead atoms. The van der Waals surface area contributed by atoms with E-state index in [9.17, 15) is 9.59 Å². The Hall–Kier alpha value is -1.82. The zero-order chi connectivity index (χ0) is 14.7. The molecule has 1 aromatic heterocycles. The molecule has 1 aliphatic rings. The summed E-state index contributed by atoms with van der Waals surface area (Å²) < 4.78 is 1.49. The maximum Gasteiger partial charge on any atom is 0.323 e. The molecule has 1 aliphatic heterocycles. The summed E-state index contributed by atoms with van der Waals surface area (Å²) in [5, 5.41) is 8.86. The van der Waals surface area contributed by atoms with Crippen LogP contribution >= 0.6 is 0 Å². The minimum atomic E-state index is -0.944. The molecule has 6 heteroatoms. The van der Waals surface area contributed by atoms with Crippen molar-refractivity contribution >= 4 is 11.9 Å². The van der Waals surface area contributed by atoms with Crippen molar-refractivity contribution in [1.29, 1.82) is 0 Å². The summed E-state index contributed by atoms with van der Waals surface area (Å²) in [4.78, 5) is 27.4. The summed E-state index contributed by atoms with van der Waals surface area (Å²) in [7, 11) is 2.07. The molecule has 1 N–H and O–H groups in total. The Morgan fingerprint density at radius 2 is 2.15 bits per heavy atom. The summed E-state index contributed by atoms with van der Waals surface area (Å²) in [5.74, 6) is -1.03. The van der Waals surface area contributed by atoms with Crippen LogP contribution in [0.25, 0.3) is 0 Å². The second-order valence-electron chi connectivity index (χ2n) is 5.21. The molecule has 110 valence electrons. The van der Waals surface area contributed by atoms with Gasteiger partial charge in [-0.2, -0.15) is 0 Å². The highest BCUT2D eigenvalue weighted by Crippen LogP contribution is 2.14. The lowest BCUT2D eigenvalue weighted by molar-refractivity contribution is -0.137. The van der Waals surface area contributed by atoms with Crippen LogP contribution in [0.15, 0.2) is 18.3 Å². The first-order valence-corrected chi connectivity index (χ1v) is 6.89. The Morgan fingerprint density at radius 3 is 2.80 bits per heavy atom. The van der Waals surface area contributed by atoms with Crippen LogP contribution in [-0.4, -0.2) is 64.1 Å². The smallest absolute Gasteiger partial charge is 0.323 e. The number of carbonyl (C=O) groups excluding carboxylic acids is 1. The van der Waals surface area contributed by atoms with Crippen LogP contribution < -0.4 is 0 Å². The van der Waals surface area contributed by atoms with E-state index in [1.54, 1.807) is 18.3 Å². The molecule has 1 amide bonds. The van der Waals surface area contributed by atoms with Crippen LogP contribution in [-0.2, 0) is 11.3 Å². The summed E-state index contributed by atoms with van der Waals surface area (Å²) in [6, 6.07) is 3.77. The second kappa shape index (κ2) is 6.09. The van der Waals surface area contributed by atoms with Crippen molar-refractivity contribution in [2.75, 3.05) is 26.7 Å². The predicted molar refractivity (Wildman–Crippen MR) is 74.7 cm³/mol. The Morgan fingerprint density at radius 1 is 1.40 bits per heavy atom. The fourth-order valence-corrected chi connectivity index (χ4v) is 2.63. The van der Waals surface area contributed by atoms with Crippen molar-refractivity contribution in [1.82, 2.24) is 14.4 Å². The molecule has 0 saturated carbocycles. The normalized spacial score (nSPS) is 20.1. The van der Waals surface area contributed by atoms with Crippen LogP contribution in [0.5, 0.6) is 0 Å². The number of carboxylic acid groups (broad SMARTS) is 1. The number of hydrogen-bond donors (Lipinski definition) is 1. The van der Waals surface area contributed by atoms with Crippen molar-refractivity contribution in [3.63, 3.8) is 0 Å². The molecule has 6 nitrogen and oxygen atoms in total. The Labute approximate surface area is 118 Å². The fraction of sp³-hybridized carbons (Fsp3) is 0.571. The fourth-order valence-electron chi connectivity index (χ4n) is 2.63. The molecule has 0 spiro atoms. The number of carboxylic acids is 1. The molecule has 2 rings (SSSR count). The minimum Gasteiger partial charge on any atom is -0.480 e. The molecule has 20 heavy (non-hydrogen) atoms. The lowest BCUT2D eigenvalue weighted by Gasteiger charge is -2.39. The molecular formula is C14H21N3O3. The van der Waals surface area contributed by atoms with E-state index < -0.39 is 5.97 Å². The predicted octanol–water partition coefficient (Wildman–Crippen LogP) is 0.739. The molecule has 0 radical (unpaired) electrons. The molecule has 1 saturated heterocycles. The van der Waals surface area contributed by atoms with Crippen molar-refractivity contribution in [2.45, 2.75) is 25.9 Å². The van der Waals surface area contributed by atoms with Gasteiger partial charge >= 0.3 is 5.97 Å². The molecule has 1 atom stereocenters. The van der Waals surface area contributed by atoms with Gasteiger partial charge in [0.1, 0.15) is 12.2 Å². The van der Waals surface area contributed by atoms with E-state index in [1.165, 1.54) is 4.57 Å². The third-order valence-corrected chi connectivity index (χ3v) is 3.89. The number of piperazine rings is 1.